The molecule has 1 spiro atoms. The minimum atomic E-state index is -0.977. The number of carboxylic acid groups (broad SMARTS) is 1. The molecule has 2 N–H and O–H groups in total. The van der Waals surface area contributed by atoms with Gasteiger partial charge in [0.05, 0.1) is 5.56 Å². The van der Waals surface area contributed by atoms with Crippen molar-refractivity contribution in [2.24, 2.45) is 11.3 Å². The molecule has 2 aliphatic rings. The summed E-state index contributed by atoms with van der Waals surface area (Å²) in [5.74, 6) is -0.803. The summed E-state index contributed by atoms with van der Waals surface area (Å²) in [6, 6.07) is 6.41. The lowest BCUT2D eigenvalue weighted by molar-refractivity contribution is -0.118. The molecule has 4 heteroatoms. The molecular weight excluding hydrogens is 242 g/mol. The Morgan fingerprint density at radius 1 is 1.26 bits per heavy atom. The Labute approximate surface area is 111 Å². The monoisotopic (exact) mass is 259 g/mol. The van der Waals surface area contributed by atoms with Gasteiger partial charge in [-0.1, -0.05) is 18.9 Å². The van der Waals surface area contributed by atoms with Gasteiger partial charge >= 0.3 is 5.97 Å². The molecule has 2 aliphatic carbocycles. The van der Waals surface area contributed by atoms with Crippen LogP contribution in [0.4, 0.5) is 5.69 Å². The molecule has 19 heavy (non-hydrogen) atoms. The smallest absolute Gasteiger partial charge is 0.335 e. The minimum absolute atomic E-state index is 0.0458. The maximum absolute atomic E-state index is 12.2. The van der Waals surface area contributed by atoms with Crippen molar-refractivity contribution < 1.29 is 14.7 Å². The number of hydrogen-bond acceptors (Lipinski definition) is 2. The summed E-state index contributed by atoms with van der Waals surface area (Å²) in [5, 5.41) is 11.8. The van der Waals surface area contributed by atoms with Crippen molar-refractivity contribution in [1.82, 2.24) is 0 Å². The van der Waals surface area contributed by atoms with E-state index in [9.17, 15) is 9.59 Å². The molecular formula is C15H17NO3. The molecule has 0 aromatic heterocycles. The molecule has 2 fully saturated rings. The van der Waals surface area contributed by atoms with Crippen LogP contribution in [0.15, 0.2) is 24.3 Å². The van der Waals surface area contributed by atoms with Gasteiger partial charge in [0, 0.05) is 11.6 Å². The molecule has 3 rings (SSSR count). The van der Waals surface area contributed by atoms with Crippen molar-refractivity contribution in [2.45, 2.75) is 32.1 Å². The van der Waals surface area contributed by atoms with Crippen LogP contribution in [0.2, 0.25) is 0 Å². The molecule has 1 amide bonds. The summed E-state index contributed by atoms with van der Waals surface area (Å²) in [5.41, 5.74) is 1.04. The van der Waals surface area contributed by atoms with Crippen LogP contribution in [0, 0.1) is 11.3 Å². The highest BCUT2D eigenvalue weighted by Gasteiger charge is 2.58. The minimum Gasteiger partial charge on any atom is -0.478 e. The van der Waals surface area contributed by atoms with E-state index >= 15 is 0 Å². The quantitative estimate of drug-likeness (QED) is 0.877. The van der Waals surface area contributed by atoms with Gasteiger partial charge in [0.15, 0.2) is 0 Å². The second-order valence-electron chi connectivity index (χ2n) is 5.70. The largest absolute Gasteiger partial charge is 0.478 e. The zero-order chi connectivity index (χ0) is 13.5. The van der Waals surface area contributed by atoms with Gasteiger partial charge in [-0.25, -0.2) is 4.79 Å². The fraction of sp³-hybridized carbons (Fsp3) is 0.467. The third kappa shape index (κ3) is 2.23. The normalized spacial score (nSPS) is 23.3. The number of carboxylic acids is 1. The summed E-state index contributed by atoms with van der Waals surface area (Å²) < 4.78 is 0. The van der Waals surface area contributed by atoms with E-state index in [1.807, 2.05) is 0 Å². The van der Waals surface area contributed by atoms with Gasteiger partial charge in [-0.05, 0) is 42.9 Å². The van der Waals surface area contributed by atoms with Crippen LogP contribution < -0.4 is 5.32 Å². The summed E-state index contributed by atoms with van der Waals surface area (Å²) in [7, 11) is 0. The molecule has 1 unspecified atom stereocenters. The average molecular weight is 259 g/mol. The van der Waals surface area contributed by atoms with Gasteiger partial charge < -0.3 is 10.4 Å². The Morgan fingerprint density at radius 2 is 2.00 bits per heavy atom. The van der Waals surface area contributed by atoms with Crippen LogP contribution >= 0.6 is 0 Å². The predicted octanol–water partition coefficient (Wildman–Crippen LogP) is 2.90. The third-order valence-electron chi connectivity index (χ3n) is 4.48. The van der Waals surface area contributed by atoms with Crippen LogP contribution in [0.1, 0.15) is 42.5 Å². The Balaban J connectivity index is 1.67. The molecule has 0 aliphatic heterocycles. The lowest BCUT2D eigenvalue weighted by Gasteiger charge is -2.09. The first-order valence-corrected chi connectivity index (χ1v) is 6.75. The SMILES string of the molecule is O=C(O)c1cccc(NC(=O)C2CC23CCCC3)c1. The highest BCUT2D eigenvalue weighted by Crippen LogP contribution is 2.63. The number of hydrogen-bond donors (Lipinski definition) is 2. The maximum Gasteiger partial charge on any atom is 0.335 e. The summed E-state index contributed by atoms with van der Waals surface area (Å²) in [6.07, 6.45) is 5.80. The Kier molecular flexibility index (Phi) is 2.81. The number of benzene rings is 1. The highest BCUT2D eigenvalue weighted by molar-refractivity contribution is 5.96. The van der Waals surface area contributed by atoms with E-state index in [4.69, 9.17) is 5.11 Å². The first-order valence-electron chi connectivity index (χ1n) is 6.75. The summed E-state index contributed by atoms with van der Waals surface area (Å²) in [4.78, 5) is 23.0. The van der Waals surface area contributed by atoms with Crippen LogP contribution in [0.25, 0.3) is 0 Å². The van der Waals surface area contributed by atoms with Crippen molar-refractivity contribution >= 4 is 17.6 Å². The van der Waals surface area contributed by atoms with Gasteiger partial charge in [0.1, 0.15) is 0 Å². The van der Waals surface area contributed by atoms with E-state index in [2.05, 4.69) is 5.32 Å². The third-order valence-corrected chi connectivity index (χ3v) is 4.48. The highest BCUT2D eigenvalue weighted by atomic mass is 16.4. The molecule has 100 valence electrons. The van der Waals surface area contributed by atoms with Crippen molar-refractivity contribution in [3.8, 4) is 0 Å². The van der Waals surface area contributed by atoms with Gasteiger partial charge in [-0.15, -0.1) is 0 Å². The van der Waals surface area contributed by atoms with Crippen LogP contribution in [0.5, 0.6) is 0 Å². The molecule has 4 nitrogen and oxygen atoms in total. The van der Waals surface area contributed by atoms with Crippen molar-refractivity contribution in [2.75, 3.05) is 5.32 Å². The number of carbonyl (C=O) groups is 2. The van der Waals surface area contributed by atoms with Crippen LogP contribution in [-0.4, -0.2) is 17.0 Å². The Bertz CT molecular complexity index is 532. The van der Waals surface area contributed by atoms with Gasteiger partial charge in [0.25, 0.3) is 0 Å². The van der Waals surface area contributed by atoms with Crippen molar-refractivity contribution in [3.63, 3.8) is 0 Å². The topological polar surface area (TPSA) is 66.4 Å². The van der Waals surface area contributed by atoms with E-state index < -0.39 is 5.97 Å². The van der Waals surface area contributed by atoms with E-state index in [1.54, 1.807) is 12.1 Å². The van der Waals surface area contributed by atoms with E-state index in [0.717, 1.165) is 6.42 Å². The molecule has 1 atom stereocenters. The molecule has 2 saturated carbocycles. The average Bonchev–Trinajstić information content (AvgIpc) is 2.88. The van der Waals surface area contributed by atoms with E-state index in [-0.39, 0.29) is 22.8 Å². The number of carbonyl (C=O) groups excluding carboxylic acids is 1. The lowest BCUT2D eigenvalue weighted by atomic mass is 10.0. The molecule has 0 radical (unpaired) electrons. The Morgan fingerprint density at radius 3 is 2.68 bits per heavy atom. The van der Waals surface area contributed by atoms with Gasteiger partial charge in [-0.3, -0.25) is 4.79 Å². The number of anilines is 1. The number of aromatic carboxylic acids is 1. The molecule has 0 saturated heterocycles. The summed E-state index contributed by atoms with van der Waals surface area (Å²) in [6.45, 7) is 0. The zero-order valence-electron chi connectivity index (χ0n) is 10.7. The first kappa shape index (κ1) is 12.2. The second-order valence-corrected chi connectivity index (χ2v) is 5.70. The number of nitrogens with one attached hydrogen (secondary N) is 1. The summed E-state index contributed by atoms with van der Waals surface area (Å²) >= 11 is 0. The van der Waals surface area contributed by atoms with Gasteiger partial charge in [-0.2, -0.15) is 0 Å². The molecule has 1 aromatic rings. The van der Waals surface area contributed by atoms with Crippen molar-refractivity contribution in [1.29, 1.82) is 0 Å². The van der Waals surface area contributed by atoms with E-state index in [1.165, 1.54) is 37.8 Å². The molecule has 0 bridgehead atoms. The standard InChI is InChI=1S/C15H17NO3/c17-13(12-9-15(12)6-1-2-7-15)16-11-5-3-4-10(8-11)14(18)19/h3-5,8,12H,1-2,6-7,9H2,(H,16,17)(H,18,19). The molecule has 0 heterocycles. The van der Waals surface area contributed by atoms with Crippen molar-refractivity contribution in [3.05, 3.63) is 29.8 Å². The lowest BCUT2D eigenvalue weighted by Crippen LogP contribution is -2.17. The Hall–Kier alpha value is -1.84. The fourth-order valence-electron chi connectivity index (χ4n) is 3.31. The fourth-order valence-corrected chi connectivity index (χ4v) is 3.31. The molecule has 1 aromatic carbocycles. The van der Waals surface area contributed by atoms with Crippen LogP contribution in [-0.2, 0) is 4.79 Å². The van der Waals surface area contributed by atoms with E-state index in [0.29, 0.717) is 5.69 Å². The first-order chi connectivity index (χ1) is 9.11. The predicted molar refractivity (Wildman–Crippen MR) is 71.0 cm³/mol. The number of rotatable bonds is 3. The zero-order valence-corrected chi connectivity index (χ0v) is 10.7. The van der Waals surface area contributed by atoms with Gasteiger partial charge in [0.2, 0.25) is 5.91 Å². The van der Waals surface area contributed by atoms with Crippen LogP contribution in [0.3, 0.4) is 0 Å². The maximum atomic E-state index is 12.2. The number of amides is 1. The second kappa shape index (κ2) is 4.37.